The number of carbonyl (C=O) groups is 1. The molecule has 2 aromatic heterocycles. The van der Waals surface area contributed by atoms with Gasteiger partial charge in [0.25, 0.3) is 0 Å². The molecule has 146 valence electrons. The molecule has 0 aliphatic carbocycles. The van der Waals surface area contributed by atoms with Gasteiger partial charge in [0.1, 0.15) is 23.5 Å². The standard InChI is InChI=1S/C21H13BrO7/c1-26-10-20(24)27-13-3-4-14-15(9-19(23)28-18(14)8-13)16-7-11-6-12(22)2-5-17(11)29-21(16)25/h2-9H,10H2,1H3. The van der Waals surface area contributed by atoms with E-state index in [9.17, 15) is 14.4 Å². The van der Waals surface area contributed by atoms with Crippen LogP contribution in [0.25, 0.3) is 33.1 Å². The van der Waals surface area contributed by atoms with Crippen LogP contribution >= 0.6 is 15.9 Å². The SMILES string of the molecule is COCC(=O)Oc1ccc2c(-c3cc4cc(Br)ccc4oc3=O)cc(=O)oc2c1. The zero-order chi connectivity index (χ0) is 20.5. The van der Waals surface area contributed by atoms with E-state index in [1.165, 1.54) is 19.2 Å². The third kappa shape index (κ3) is 3.85. The number of ether oxygens (including phenoxy) is 2. The van der Waals surface area contributed by atoms with Crippen molar-refractivity contribution in [1.29, 1.82) is 0 Å². The second-order valence-corrected chi connectivity index (χ2v) is 7.09. The van der Waals surface area contributed by atoms with Crippen molar-refractivity contribution in [2.75, 3.05) is 13.7 Å². The highest BCUT2D eigenvalue weighted by Gasteiger charge is 2.15. The maximum Gasteiger partial charge on any atom is 0.344 e. The van der Waals surface area contributed by atoms with Crippen LogP contribution in [0.2, 0.25) is 0 Å². The molecule has 0 aliphatic rings. The molecule has 0 fully saturated rings. The Morgan fingerprint density at radius 3 is 2.59 bits per heavy atom. The van der Waals surface area contributed by atoms with Gasteiger partial charge in [-0.3, -0.25) is 0 Å². The van der Waals surface area contributed by atoms with Gasteiger partial charge in [-0.25, -0.2) is 14.4 Å². The van der Waals surface area contributed by atoms with Crippen LogP contribution in [-0.4, -0.2) is 19.7 Å². The first kappa shape index (κ1) is 19.1. The number of carbonyl (C=O) groups excluding carboxylic acids is 1. The van der Waals surface area contributed by atoms with Gasteiger partial charge >= 0.3 is 17.2 Å². The number of fused-ring (bicyclic) bond motifs is 2. The molecule has 29 heavy (non-hydrogen) atoms. The molecule has 0 amide bonds. The summed E-state index contributed by atoms with van der Waals surface area (Å²) in [5, 5.41) is 1.19. The van der Waals surface area contributed by atoms with E-state index in [0.717, 1.165) is 4.47 Å². The molecule has 2 heterocycles. The highest BCUT2D eigenvalue weighted by atomic mass is 79.9. The van der Waals surface area contributed by atoms with Crippen LogP contribution in [0, 0.1) is 0 Å². The Kier molecular flexibility index (Phi) is 5.04. The minimum Gasteiger partial charge on any atom is -0.425 e. The average molecular weight is 457 g/mol. The second-order valence-electron chi connectivity index (χ2n) is 6.17. The zero-order valence-corrected chi connectivity index (χ0v) is 16.6. The summed E-state index contributed by atoms with van der Waals surface area (Å²) in [6.45, 7) is -0.213. The number of benzene rings is 2. The third-order valence-corrected chi connectivity index (χ3v) is 4.69. The van der Waals surface area contributed by atoms with Crippen molar-refractivity contribution in [2.45, 2.75) is 0 Å². The van der Waals surface area contributed by atoms with E-state index in [1.54, 1.807) is 30.3 Å². The van der Waals surface area contributed by atoms with Crippen LogP contribution in [0.4, 0.5) is 0 Å². The van der Waals surface area contributed by atoms with Crippen molar-refractivity contribution >= 4 is 43.8 Å². The van der Waals surface area contributed by atoms with Crippen molar-refractivity contribution < 1.29 is 23.1 Å². The highest BCUT2D eigenvalue weighted by Crippen LogP contribution is 2.30. The summed E-state index contributed by atoms with van der Waals surface area (Å²) in [6, 6.07) is 12.7. The van der Waals surface area contributed by atoms with Gasteiger partial charge in [0, 0.05) is 40.1 Å². The Morgan fingerprint density at radius 1 is 0.966 bits per heavy atom. The predicted molar refractivity (Wildman–Crippen MR) is 109 cm³/mol. The Hall–Kier alpha value is -3.23. The first-order valence-corrected chi connectivity index (χ1v) is 9.25. The lowest BCUT2D eigenvalue weighted by atomic mass is 10.0. The number of hydrogen-bond donors (Lipinski definition) is 0. The minimum atomic E-state index is -0.651. The molecule has 0 saturated heterocycles. The predicted octanol–water partition coefficient (Wildman–Crippen LogP) is 3.88. The first-order chi connectivity index (χ1) is 13.9. The normalized spacial score (nSPS) is 11.1. The van der Waals surface area contributed by atoms with E-state index in [1.807, 2.05) is 6.07 Å². The van der Waals surface area contributed by atoms with Crippen LogP contribution < -0.4 is 16.0 Å². The summed E-state index contributed by atoms with van der Waals surface area (Å²) in [5.74, 6) is -0.402. The zero-order valence-electron chi connectivity index (χ0n) is 15.1. The Balaban J connectivity index is 1.89. The summed E-state index contributed by atoms with van der Waals surface area (Å²) >= 11 is 3.39. The third-order valence-electron chi connectivity index (χ3n) is 4.19. The maximum atomic E-state index is 12.6. The molecule has 0 spiro atoms. The lowest BCUT2D eigenvalue weighted by Crippen LogP contribution is -2.14. The van der Waals surface area contributed by atoms with Gasteiger partial charge in [-0.2, -0.15) is 0 Å². The molecule has 0 N–H and O–H groups in total. The van der Waals surface area contributed by atoms with Crippen LogP contribution in [-0.2, 0) is 9.53 Å². The molecule has 0 radical (unpaired) electrons. The van der Waals surface area contributed by atoms with Crippen LogP contribution in [0.1, 0.15) is 0 Å². The Bertz CT molecular complexity index is 1370. The number of hydrogen-bond acceptors (Lipinski definition) is 7. The molecule has 8 heteroatoms. The van der Waals surface area contributed by atoms with Crippen LogP contribution in [0.3, 0.4) is 0 Å². The maximum absolute atomic E-state index is 12.6. The fourth-order valence-corrected chi connectivity index (χ4v) is 3.37. The van der Waals surface area contributed by atoms with Crippen molar-refractivity contribution in [3.63, 3.8) is 0 Å². The molecule has 0 aliphatic heterocycles. The fraction of sp³-hybridized carbons (Fsp3) is 0.0952. The van der Waals surface area contributed by atoms with E-state index >= 15 is 0 Å². The van der Waals surface area contributed by atoms with E-state index in [0.29, 0.717) is 21.9 Å². The number of esters is 1. The van der Waals surface area contributed by atoms with E-state index in [2.05, 4.69) is 15.9 Å². The quantitative estimate of drug-likeness (QED) is 0.261. The summed E-state index contributed by atoms with van der Waals surface area (Å²) in [6.07, 6.45) is 0. The van der Waals surface area contributed by atoms with Crippen molar-refractivity contribution in [3.8, 4) is 16.9 Å². The average Bonchev–Trinajstić information content (AvgIpc) is 2.67. The number of halogens is 1. The smallest absolute Gasteiger partial charge is 0.344 e. The van der Waals surface area contributed by atoms with Gasteiger partial charge in [0.15, 0.2) is 0 Å². The molecule has 0 atom stereocenters. The summed E-state index contributed by atoms with van der Waals surface area (Å²) in [7, 11) is 1.38. The molecule has 7 nitrogen and oxygen atoms in total. The summed E-state index contributed by atoms with van der Waals surface area (Å²) in [5.41, 5.74) is -0.0475. The minimum absolute atomic E-state index is 0.170. The Morgan fingerprint density at radius 2 is 1.79 bits per heavy atom. The first-order valence-electron chi connectivity index (χ1n) is 8.46. The van der Waals surface area contributed by atoms with E-state index < -0.39 is 17.2 Å². The lowest BCUT2D eigenvalue weighted by Gasteiger charge is -2.08. The van der Waals surface area contributed by atoms with Gasteiger partial charge in [-0.1, -0.05) is 15.9 Å². The largest absolute Gasteiger partial charge is 0.425 e. The molecular formula is C21H13BrO7. The van der Waals surface area contributed by atoms with Gasteiger partial charge < -0.3 is 18.3 Å². The highest BCUT2D eigenvalue weighted by molar-refractivity contribution is 9.10. The van der Waals surface area contributed by atoms with E-state index in [-0.39, 0.29) is 23.5 Å². The molecule has 0 saturated carbocycles. The summed E-state index contributed by atoms with van der Waals surface area (Å²) < 4.78 is 21.3. The molecular weight excluding hydrogens is 444 g/mol. The Labute approximate surface area is 171 Å². The van der Waals surface area contributed by atoms with Crippen molar-refractivity contribution in [1.82, 2.24) is 0 Å². The lowest BCUT2D eigenvalue weighted by molar-refractivity contribution is -0.138. The van der Waals surface area contributed by atoms with Crippen LogP contribution in [0.15, 0.2) is 71.4 Å². The van der Waals surface area contributed by atoms with Crippen LogP contribution in [0.5, 0.6) is 5.75 Å². The molecule has 0 unspecified atom stereocenters. The van der Waals surface area contributed by atoms with Gasteiger partial charge in [-0.15, -0.1) is 0 Å². The topological polar surface area (TPSA) is 96.0 Å². The number of rotatable bonds is 4. The molecule has 0 bridgehead atoms. The summed E-state index contributed by atoms with van der Waals surface area (Å²) in [4.78, 5) is 36.3. The van der Waals surface area contributed by atoms with E-state index in [4.69, 9.17) is 18.3 Å². The van der Waals surface area contributed by atoms with Gasteiger partial charge in [-0.05, 0) is 36.4 Å². The fourth-order valence-electron chi connectivity index (χ4n) is 2.99. The monoisotopic (exact) mass is 456 g/mol. The number of methoxy groups -OCH3 is 1. The molecule has 4 rings (SSSR count). The van der Waals surface area contributed by atoms with Crippen molar-refractivity contribution in [3.05, 3.63) is 73.8 Å². The van der Waals surface area contributed by atoms with Gasteiger partial charge in [0.2, 0.25) is 0 Å². The second kappa shape index (κ2) is 7.65. The molecule has 2 aromatic carbocycles. The van der Waals surface area contributed by atoms with Crippen molar-refractivity contribution in [2.24, 2.45) is 0 Å². The van der Waals surface area contributed by atoms with Gasteiger partial charge in [0.05, 0.1) is 5.56 Å². The molecule has 4 aromatic rings.